The number of benzene rings is 3. The molecule has 6 rings (SSSR count). The van der Waals surface area contributed by atoms with Crippen LogP contribution >= 0.6 is 0 Å². The summed E-state index contributed by atoms with van der Waals surface area (Å²) < 4.78 is 11.8. The fraction of sp³-hybridized carbons (Fsp3) is 0.0370. The second-order valence-corrected chi connectivity index (χ2v) is 7.99. The van der Waals surface area contributed by atoms with Crippen molar-refractivity contribution in [2.24, 2.45) is 0 Å². The lowest BCUT2D eigenvalue weighted by atomic mass is 10.1. The largest absolute Gasteiger partial charge is 0.435 e. The summed E-state index contributed by atoms with van der Waals surface area (Å²) in [6, 6.07) is 17.8. The molecule has 6 aromatic rings. The highest BCUT2D eigenvalue weighted by Gasteiger charge is 2.21. The van der Waals surface area contributed by atoms with E-state index < -0.39 is 0 Å². The first-order valence-electron chi connectivity index (χ1n) is 10.9. The Morgan fingerprint density at radius 3 is 1.92 bits per heavy atom. The van der Waals surface area contributed by atoms with E-state index in [4.69, 9.17) is 22.0 Å². The van der Waals surface area contributed by atoms with Gasteiger partial charge in [0.15, 0.2) is 22.8 Å². The zero-order valence-electron chi connectivity index (χ0n) is 19.1. The van der Waals surface area contributed by atoms with Gasteiger partial charge in [-0.2, -0.15) is 10.2 Å². The molecule has 0 aliphatic rings. The summed E-state index contributed by atoms with van der Waals surface area (Å²) in [5.74, 6) is 0.870. The zero-order chi connectivity index (χ0) is 25.5. The second kappa shape index (κ2) is 8.38. The fourth-order valence-corrected chi connectivity index (χ4v) is 3.80. The molecule has 0 radical (unpaired) electrons. The molecular formula is C27H12N8O2. The van der Waals surface area contributed by atoms with Gasteiger partial charge in [-0.15, -0.1) is 0 Å². The van der Waals surface area contributed by atoms with Gasteiger partial charge in [0.05, 0.1) is 30.3 Å². The quantitative estimate of drug-likeness (QED) is 0.265. The van der Waals surface area contributed by atoms with Crippen molar-refractivity contribution < 1.29 is 8.83 Å². The first-order chi connectivity index (χ1) is 18.1. The minimum atomic E-state index is 0.0904. The average Bonchev–Trinajstić information content (AvgIpc) is 3.55. The van der Waals surface area contributed by atoms with E-state index in [-0.39, 0.29) is 34.8 Å². The highest BCUT2D eigenvalue weighted by molar-refractivity contribution is 5.88. The minimum absolute atomic E-state index is 0.0904. The predicted octanol–water partition coefficient (Wildman–Crippen LogP) is 6.44. The Labute approximate surface area is 209 Å². The third kappa shape index (κ3) is 3.70. The highest BCUT2D eigenvalue weighted by atomic mass is 16.4. The molecule has 37 heavy (non-hydrogen) atoms. The second-order valence-electron chi connectivity index (χ2n) is 7.99. The van der Waals surface area contributed by atoms with Crippen LogP contribution in [0, 0.1) is 31.4 Å². The van der Waals surface area contributed by atoms with Crippen LogP contribution in [0.1, 0.15) is 11.1 Å². The molecule has 0 bridgehead atoms. The molecule has 3 aromatic heterocycles. The number of hydrogen-bond donors (Lipinski definition) is 0. The van der Waals surface area contributed by atoms with Crippen LogP contribution in [0.5, 0.6) is 0 Å². The van der Waals surface area contributed by atoms with Crippen LogP contribution in [0.4, 0.5) is 11.4 Å². The molecule has 0 amide bonds. The van der Waals surface area contributed by atoms with E-state index in [0.717, 1.165) is 11.1 Å². The Bertz CT molecular complexity index is 1930. The van der Waals surface area contributed by atoms with E-state index >= 15 is 0 Å². The molecule has 10 heteroatoms. The molecule has 172 valence electrons. The Kier molecular flexibility index (Phi) is 4.90. The van der Waals surface area contributed by atoms with E-state index in [1.807, 2.05) is 37.3 Å². The Balaban J connectivity index is 1.56. The maximum absolute atomic E-state index is 9.36. The van der Waals surface area contributed by atoms with Gasteiger partial charge >= 0.3 is 0 Å². The summed E-state index contributed by atoms with van der Waals surface area (Å²) in [6.07, 6.45) is 0. The summed E-state index contributed by atoms with van der Waals surface area (Å²) in [6.45, 7) is 16.5. The first-order valence-corrected chi connectivity index (χ1v) is 10.9. The molecule has 10 nitrogen and oxygen atoms in total. The molecule has 0 aliphatic heterocycles. The van der Waals surface area contributed by atoms with Gasteiger partial charge in [-0.1, -0.05) is 30.3 Å². The summed E-state index contributed by atoms with van der Waals surface area (Å²) in [7, 11) is 0. The lowest BCUT2D eigenvalue weighted by molar-refractivity contribution is 0.605. The topological polar surface area (TPSA) is 123 Å². The lowest BCUT2D eigenvalue weighted by Gasteiger charge is -2.03. The Hall–Kier alpha value is -5.92. The van der Waals surface area contributed by atoms with Crippen molar-refractivity contribution in [2.45, 2.75) is 6.92 Å². The van der Waals surface area contributed by atoms with Crippen molar-refractivity contribution in [3.8, 4) is 40.9 Å². The maximum atomic E-state index is 9.36. The first kappa shape index (κ1) is 21.6. The highest BCUT2D eigenvalue weighted by Crippen LogP contribution is 2.35. The van der Waals surface area contributed by atoms with Crippen LogP contribution in [0.15, 0.2) is 63.4 Å². The minimum Gasteiger partial charge on any atom is -0.435 e. The monoisotopic (exact) mass is 480 g/mol. The predicted molar refractivity (Wildman–Crippen MR) is 133 cm³/mol. The van der Waals surface area contributed by atoms with Crippen molar-refractivity contribution in [3.05, 3.63) is 88.6 Å². The van der Waals surface area contributed by atoms with E-state index in [1.165, 1.54) is 12.1 Å². The van der Waals surface area contributed by atoms with Crippen LogP contribution in [-0.4, -0.2) is 24.9 Å². The van der Waals surface area contributed by atoms with Crippen molar-refractivity contribution in [1.29, 1.82) is 5.26 Å². The molecule has 0 atom stereocenters. The molecule has 0 saturated heterocycles. The van der Waals surface area contributed by atoms with Gasteiger partial charge in [0.1, 0.15) is 11.1 Å². The summed E-state index contributed by atoms with van der Waals surface area (Å²) in [4.78, 5) is 29.4. The van der Waals surface area contributed by atoms with Crippen molar-refractivity contribution in [2.75, 3.05) is 0 Å². The standard InChI is InChI=1S/C27H12N8O2/c1-14-9-21-19(10-16(14)13-28)31-26(36-21)24-33-23(15-7-5-4-6-8-15)34-25(35-24)27-32-20-11-17(29-2)18(30-3)12-22(20)37-27/h4-12H,1H3. The van der Waals surface area contributed by atoms with E-state index in [2.05, 4.69) is 40.7 Å². The number of aromatic nitrogens is 5. The molecule has 0 spiro atoms. The molecule has 0 aliphatic carbocycles. The molecule has 3 aromatic carbocycles. The number of nitrogens with zero attached hydrogens (tertiary/aromatic N) is 8. The maximum Gasteiger partial charge on any atom is 0.266 e. The third-order valence-electron chi connectivity index (χ3n) is 5.63. The van der Waals surface area contributed by atoms with E-state index in [9.17, 15) is 5.26 Å². The van der Waals surface area contributed by atoms with Gasteiger partial charge in [-0.05, 0) is 36.8 Å². The third-order valence-corrected chi connectivity index (χ3v) is 5.63. The number of rotatable bonds is 3. The number of fused-ring (bicyclic) bond motifs is 2. The van der Waals surface area contributed by atoms with Gasteiger partial charge in [0.25, 0.3) is 11.8 Å². The number of nitriles is 1. The van der Waals surface area contributed by atoms with Crippen molar-refractivity contribution in [1.82, 2.24) is 24.9 Å². The molecular weight excluding hydrogens is 468 g/mol. The summed E-state index contributed by atoms with van der Waals surface area (Å²) in [5.41, 5.74) is 4.08. The zero-order valence-corrected chi connectivity index (χ0v) is 19.1. The van der Waals surface area contributed by atoms with Gasteiger partial charge in [0, 0.05) is 5.56 Å². The number of oxazole rings is 2. The summed E-state index contributed by atoms with van der Waals surface area (Å²) in [5, 5.41) is 9.36. The molecule has 0 unspecified atom stereocenters. The van der Waals surface area contributed by atoms with Crippen LogP contribution in [-0.2, 0) is 0 Å². The van der Waals surface area contributed by atoms with Crippen LogP contribution < -0.4 is 0 Å². The lowest BCUT2D eigenvalue weighted by Crippen LogP contribution is -2.00. The Morgan fingerprint density at radius 1 is 0.730 bits per heavy atom. The molecule has 3 heterocycles. The van der Waals surface area contributed by atoms with E-state index in [1.54, 1.807) is 12.1 Å². The van der Waals surface area contributed by atoms with Crippen LogP contribution in [0.25, 0.3) is 66.7 Å². The average molecular weight is 480 g/mol. The molecule has 0 saturated carbocycles. The number of aryl methyl sites for hydroxylation is 1. The van der Waals surface area contributed by atoms with Gasteiger partial charge in [-0.3, -0.25) is 4.85 Å². The van der Waals surface area contributed by atoms with Crippen LogP contribution in [0.3, 0.4) is 0 Å². The molecule has 0 fully saturated rings. The molecule has 0 N–H and O–H groups in total. The Morgan fingerprint density at radius 2 is 1.30 bits per heavy atom. The van der Waals surface area contributed by atoms with Crippen molar-refractivity contribution in [3.63, 3.8) is 0 Å². The van der Waals surface area contributed by atoms with E-state index in [0.29, 0.717) is 33.6 Å². The normalized spacial score (nSPS) is 10.8. The van der Waals surface area contributed by atoms with Gasteiger partial charge in [-0.25, -0.2) is 24.8 Å². The fourth-order valence-electron chi connectivity index (χ4n) is 3.80. The van der Waals surface area contributed by atoms with Crippen molar-refractivity contribution >= 4 is 33.6 Å². The summed E-state index contributed by atoms with van der Waals surface area (Å²) >= 11 is 0. The SMILES string of the molecule is [C-]#[N+]c1cc2nc(-c3nc(-c4ccccc4)nc(-c4nc5cc(C#N)c(C)cc5o4)n3)oc2cc1[N+]#[C-]. The van der Waals surface area contributed by atoms with Gasteiger partial charge in [0.2, 0.25) is 11.6 Å². The number of hydrogen-bond acceptors (Lipinski definition) is 8. The smallest absolute Gasteiger partial charge is 0.266 e. The van der Waals surface area contributed by atoms with Gasteiger partial charge < -0.3 is 8.83 Å². The van der Waals surface area contributed by atoms with Crippen LogP contribution in [0.2, 0.25) is 0 Å².